The van der Waals surface area contributed by atoms with E-state index in [0.717, 1.165) is 10.4 Å². The average molecular weight is 268 g/mol. The van der Waals surface area contributed by atoms with Crippen LogP contribution < -0.4 is 4.90 Å². The van der Waals surface area contributed by atoms with E-state index in [1.807, 2.05) is 61.3 Å². The summed E-state index contributed by atoms with van der Waals surface area (Å²) >= 11 is 2.90. The molecule has 15 heavy (non-hydrogen) atoms. The Kier molecular flexibility index (Phi) is 4.53. The molecule has 4 heteroatoms. The number of hydrogen-bond donors (Lipinski definition) is 0. The summed E-state index contributed by atoms with van der Waals surface area (Å²) in [5, 5.41) is 0. The van der Waals surface area contributed by atoms with Gasteiger partial charge in [0.25, 0.3) is 0 Å². The van der Waals surface area contributed by atoms with Crippen molar-refractivity contribution >= 4 is 32.3 Å². The van der Waals surface area contributed by atoms with E-state index in [1.54, 1.807) is 6.34 Å². The van der Waals surface area contributed by atoms with Crippen molar-refractivity contribution in [2.75, 3.05) is 26.0 Å². The van der Waals surface area contributed by atoms with Gasteiger partial charge in [0.1, 0.15) is 0 Å². The molecular weight excluding hydrogens is 253 g/mol. The predicted octanol–water partition coefficient (Wildman–Crippen LogP) is 0.969. The molecule has 0 radical (unpaired) electrons. The standard InChI is InChI=1S/C11H15N3Se/c1-13(2)11(15)12-9-14(3)10-7-5-4-6-8-10/h4-9H,1-3H3. The van der Waals surface area contributed by atoms with Gasteiger partial charge in [-0.15, -0.1) is 0 Å². The third kappa shape index (κ3) is 3.86. The number of hydrogen-bond acceptors (Lipinski definition) is 2. The summed E-state index contributed by atoms with van der Waals surface area (Å²) in [6.45, 7) is 0. The van der Waals surface area contributed by atoms with Crippen molar-refractivity contribution in [2.45, 2.75) is 0 Å². The molecule has 0 saturated heterocycles. The van der Waals surface area contributed by atoms with E-state index < -0.39 is 0 Å². The number of aliphatic imine (C=N–C) groups is 1. The van der Waals surface area contributed by atoms with Gasteiger partial charge in [0.05, 0.1) is 0 Å². The summed E-state index contributed by atoms with van der Waals surface area (Å²) in [6, 6.07) is 10.1. The summed E-state index contributed by atoms with van der Waals surface area (Å²) < 4.78 is 0.859. The fraction of sp³-hybridized carbons (Fsp3) is 0.273. The maximum absolute atomic E-state index is 4.29. The fourth-order valence-electron chi connectivity index (χ4n) is 0.981. The Morgan fingerprint density at radius 3 is 2.33 bits per heavy atom. The van der Waals surface area contributed by atoms with Gasteiger partial charge < -0.3 is 0 Å². The Morgan fingerprint density at radius 1 is 1.20 bits per heavy atom. The number of anilines is 1. The molecule has 3 nitrogen and oxygen atoms in total. The van der Waals surface area contributed by atoms with Gasteiger partial charge in [-0.3, -0.25) is 0 Å². The molecule has 0 amide bonds. The monoisotopic (exact) mass is 269 g/mol. The van der Waals surface area contributed by atoms with Crippen LogP contribution in [-0.2, 0) is 0 Å². The molecule has 0 N–H and O–H groups in total. The van der Waals surface area contributed by atoms with Crippen LogP contribution in [0.4, 0.5) is 5.69 Å². The zero-order valence-corrected chi connectivity index (χ0v) is 10.9. The van der Waals surface area contributed by atoms with Gasteiger partial charge in [0.2, 0.25) is 0 Å². The molecule has 0 saturated carbocycles. The van der Waals surface area contributed by atoms with Crippen LogP contribution in [0.5, 0.6) is 0 Å². The summed E-state index contributed by atoms with van der Waals surface area (Å²) in [5.74, 6) is 0. The van der Waals surface area contributed by atoms with Crippen LogP contribution in [-0.4, -0.2) is 52.6 Å². The molecule has 0 aliphatic rings. The molecule has 0 spiro atoms. The molecule has 0 aromatic heterocycles. The first-order valence-corrected chi connectivity index (χ1v) is 5.50. The van der Waals surface area contributed by atoms with E-state index in [0.29, 0.717) is 0 Å². The number of benzene rings is 1. The van der Waals surface area contributed by atoms with Crippen molar-refractivity contribution < 1.29 is 0 Å². The Labute approximate surface area is 98.8 Å². The summed E-state index contributed by atoms with van der Waals surface area (Å²) in [5.41, 5.74) is 1.12. The zero-order chi connectivity index (χ0) is 11.3. The molecule has 0 bridgehead atoms. The average Bonchev–Trinajstić information content (AvgIpc) is 2.26. The molecule has 1 aromatic carbocycles. The second-order valence-electron chi connectivity index (χ2n) is 3.37. The van der Waals surface area contributed by atoms with Crippen LogP contribution in [0.15, 0.2) is 35.3 Å². The second kappa shape index (κ2) is 5.69. The van der Waals surface area contributed by atoms with E-state index in [-0.39, 0.29) is 0 Å². The van der Waals surface area contributed by atoms with Gasteiger partial charge in [-0.2, -0.15) is 0 Å². The topological polar surface area (TPSA) is 18.8 Å². The van der Waals surface area contributed by atoms with Gasteiger partial charge >= 0.3 is 98.5 Å². The van der Waals surface area contributed by atoms with Crippen molar-refractivity contribution in [3.63, 3.8) is 0 Å². The molecule has 0 atom stereocenters. The molecule has 0 unspecified atom stereocenters. The minimum absolute atomic E-state index is 0.859. The van der Waals surface area contributed by atoms with E-state index in [9.17, 15) is 0 Å². The van der Waals surface area contributed by atoms with Crippen molar-refractivity contribution in [3.8, 4) is 0 Å². The van der Waals surface area contributed by atoms with Crippen LogP contribution >= 0.6 is 0 Å². The molecule has 0 aliphatic carbocycles. The zero-order valence-electron chi connectivity index (χ0n) is 9.21. The van der Waals surface area contributed by atoms with E-state index >= 15 is 0 Å². The van der Waals surface area contributed by atoms with Gasteiger partial charge in [0.15, 0.2) is 0 Å². The van der Waals surface area contributed by atoms with Crippen LogP contribution in [0, 0.1) is 0 Å². The summed E-state index contributed by atoms with van der Waals surface area (Å²) in [7, 11) is 5.87. The molecule has 0 heterocycles. The number of rotatable bonds is 4. The first kappa shape index (κ1) is 12.0. The maximum atomic E-state index is 4.29. The van der Waals surface area contributed by atoms with Crippen molar-refractivity contribution in [3.05, 3.63) is 30.3 Å². The summed E-state index contributed by atoms with van der Waals surface area (Å²) in [4.78, 5) is 8.19. The number of nitrogens with zero attached hydrogens (tertiary/aromatic N) is 3. The van der Waals surface area contributed by atoms with Crippen LogP contribution in [0.25, 0.3) is 0 Å². The Bertz CT molecular complexity index is 346. The fourth-order valence-corrected chi connectivity index (χ4v) is 1.08. The Hall–Kier alpha value is -1.12. The van der Waals surface area contributed by atoms with Crippen LogP contribution in [0.1, 0.15) is 0 Å². The predicted molar refractivity (Wildman–Crippen MR) is 67.8 cm³/mol. The van der Waals surface area contributed by atoms with Gasteiger partial charge in [-0.05, 0) is 0 Å². The van der Waals surface area contributed by atoms with E-state index in [4.69, 9.17) is 0 Å². The Morgan fingerprint density at radius 2 is 1.80 bits per heavy atom. The normalized spacial score (nSPS) is 10.3. The second-order valence-corrected chi connectivity index (χ2v) is 4.13. The molecule has 0 fully saturated rings. The quantitative estimate of drug-likeness (QED) is 0.460. The molecule has 80 valence electrons. The van der Waals surface area contributed by atoms with Crippen LogP contribution in [0.2, 0.25) is 0 Å². The van der Waals surface area contributed by atoms with Gasteiger partial charge in [0, 0.05) is 0 Å². The van der Waals surface area contributed by atoms with Gasteiger partial charge in [-0.1, -0.05) is 0 Å². The SMILES string of the molecule is CN(C)C(=[Se])N=CN(C)c1ccccc1. The molecule has 1 aromatic rings. The number of para-hydroxylation sites is 1. The molecule has 0 aliphatic heterocycles. The van der Waals surface area contributed by atoms with Crippen LogP contribution in [0.3, 0.4) is 0 Å². The van der Waals surface area contributed by atoms with Crippen molar-refractivity contribution in [2.24, 2.45) is 4.99 Å². The molecule has 1 rings (SSSR count). The first-order chi connectivity index (χ1) is 7.11. The van der Waals surface area contributed by atoms with E-state index in [2.05, 4.69) is 20.6 Å². The molecular formula is C11H15N3Se. The first-order valence-electron chi connectivity index (χ1n) is 4.64. The van der Waals surface area contributed by atoms with Gasteiger partial charge in [-0.25, -0.2) is 0 Å². The third-order valence-electron chi connectivity index (χ3n) is 1.89. The summed E-state index contributed by atoms with van der Waals surface area (Å²) in [6.07, 6.45) is 1.79. The van der Waals surface area contributed by atoms with Crippen molar-refractivity contribution in [1.82, 2.24) is 4.90 Å². The Balaban J connectivity index is 2.64. The van der Waals surface area contributed by atoms with E-state index in [1.165, 1.54) is 0 Å². The minimum atomic E-state index is 0.859. The third-order valence-corrected chi connectivity index (χ3v) is 2.87. The van der Waals surface area contributed by atoms with Crippen molar-refractivity contribution in [1.29, 1.82) is 0 Å².